The number of hydrogen-bond donors (Lipinski definition) is 0. The predicted molar refractivity (Wildman–Crippen MR) is 68.8 cm³/mol. The molecule has 0 atom stereocenters. The van der Waals surface area contributed by atoms with Crippen molar-refractivity contribution >= 4 is 28.7 Å². The van der Waals surface area contributed by atoms with Gasteiger partial charge >= 0.3 is 0 Å². The second-order valence-corrected chi connectivity index (χ2v) is 5.48. The van der Waals surface area contributed by atoms with Gasteiger partial charge in [0.05, 0.1) is 12.1 Å². The molecule has 17 heavy (non-hydrogen) atoms. The van der Waals surface area contributed by atoms with Crippen LogP contribution in [0.3, 0.4) is 0 Å². The molecule has 90 valence electrons. The van der Waals surface area contributed by atoms with Crippen LogP contribution >= 0.6 is 22.9 Å². The van der Waals surface area contributed by atoms with Gasteiger partial charge in [-0.15, -0.1) is 16.4 Å². The van der Waals surface area contributed by atoms with Crippen molar-refractivity contribution in [3.05, 3.63) is 26.7 Å². The molecule has 0 saturated heterocycles. The number of nitrogens with zero attached hydrogens (tertiary/aromatic N) is 3. The Morgan fingerprint density at radius 3 is 2.94 bits per heavy atom. The smallest absolute Gasteiger partial charge is 0.183 e. The number of thiazole rings is 1. The third kappa shape index (κ3) is 2.95. The molecule has 6 heteroatoms. The highest BCUT2D eigenvalue weighted by Crippen LogP contribution is 2.17. The maximum Gasteiger partial charge on any atom is 0.183 e. The average molecular weight is 267 g/mol. The Hall–Kier alpha value is -1.14. The summed E-state index contributed by atoms with van der Waals surface area (Å²) in [7, 11) is 0. The molecule has 0 spiro atoms. The van der Waals surface area contributed by atoms with Gasteiger partial charge in [0, 0.05) is 11.1 Å². The van der Waals surface area contributed by atoms with Crippen LogP contribution in [0.15, 0.2) is 5.38 Å². The normalized spacial score (nSPS) is 10.7. The van der Waals surface area contributed by atoms with Crippen molar-refractivity contribution in [1.29, 1.82) is 0 Å². The van der Waals surface area contributed by atoms with Gasteiger partial charge in [0.25, 0.3) is 0 Å². The van der Waals surface area contributed by atoms with Crippen LogP contribution in [0.2, 0.25) is 0 Å². The summed E-state index contributed by atoms with van der Waals surface area (Å²) in [6, 6.07) is 0. The lowest BCUT2D eigenvalue weighted by molar-refractivity contribution is 0.0995. The van der Waals surface area contributed by atoms with Crippen molar-refractivity contribution < 1.29 is 4.79 Å². The summed E-state index contributed by atoms with van der Waals surface area (Å²) in [5.74, 6) is 0.0813. The first kappa shape index (κ1) is 12.3. The van der Waals surface area contributed by atoms with E-state index < -0.39 is 0 Å². The van der Waals surface area contributed by atoms with Gasteiger partial charge in [0.15, 0.2) is 5.78 Å². The van der Waals surface area contributed by atoms with Crippen LogP contribution in [0.5, 0.6) is 0 Å². The Kier molecular flexibility index (Phi) is 3.96. The third-order valence-electron chi connectivity index (χ3n) is 2.27. The molecule has 0 radical (unpaired) electrons. The molecule has 0 aliphatic heterocycles. The van der Waals surface area contributed by atoms with Gasteiger partial charge in [-0.25, -0.2) is 4.98 Å². The highest BCUT2D eigenvalue weighted by atomic mass is 32.1. The summed E-state index contributed by atoms with van der Waals surface area (Å²) in [4.78, 5) is 17.1. The summed E-state index contributed by atoms with van der Waals surface area (Å²) < 4.78 is 3.86. The van der Waals surface area contributed by atoms with Crippen LogP contribution < -0.4 is 0 Å². The predicted octanol–water partition coefficient (Wildman–Crippen LogP) is 2.68. The van der Waals surface area contributed by atoms with Crippen molar-refractivity contribution in [3.8, 4) is 0 Å². The van der Waals surface area contributed by atoms with E-state index >= 15 is 0 Å². The Labute approximate surface area is 108 Å². The quantitative estimate of drug-likeness (QED) is 0.782. The molecule has 2 aromatic heterocycles. The summed E-state index contributed by atoms with van der Waals surface area (Å²) in [5, 5.41) is 6.83. The largest absolute Gasteiger partial charge is 0.293 e. The lowest BCUT2D eigenvalue weighted by Gasteiger charge is -1.97. The van der Waals surface area contributed by atoms with Gasteiger partial charge in [0.1, 0.15) is 9.88 Å². The van der Waals surface area contributed by atoms with E-state index in [0.717, 1.165) is 29.2 Å². The van der Waals surface area contributed by atoms with E-state index in [-0.39, 0.29) is 5.78 Å². The maximum atomic E-state index is 12.1. The summed E-state index contributed by atoms with van der Waals surface area (Å²) in [5.41, 5.74) is 1.80. The second-order valence-electron chi connectivity index (χ2n) is 3.78. The fourth-order valence-corrected chi connectivity index (χ4v) is 2.94. The first-order chi connectivity index (χ1) is 8.20. The zero-order valence-electron chi connectivity index (χ0n) is 9.77. The van der Waals surface area contributed by atoms with E-state index in [0.29, 0.717) is 11.3 Å². The molecule has 0 aliphatic rings. The molecule has 4 nitrogen and oxygen atoms in total. The van der Waals surface area contributed by atoms with Gasteiger partial charge in [-0.3, -0.25) is 4.79 Å². The molecule has 0 unspecified atom stereocenters. The fraction of sp³-hybridized carbons (Fsp3) is 0.455. The Bertz CT molecular complexity index is 518. The summed E-state index contributed by atoms with van der Waals surface area (Å²) >= 11 is 2.72. The molecule has 0 fully saturated rings. The number of carbonyl (C=O) groups excluding carboxylic acids is 1. The fourth-order valence-electron chi connectivity index (χ4n) is 1.52. The van der Waals surface area contributed by atoms with Gasteiger partial charge in [-0.05, 0) is 24.9 Å². The van der Waals surface area contributed by atoms with Crippen LogP contribution in [0, 0.1) is 6.92 Å². The van der Waals surface area contributed by atoms with E-state index in [1.54, 1.807) is 0 Å². The number of rotatable bonds is 5. The molecule has 0 saturated carbocycles. The zero-order chi connectivity index (χ0) is 12.3. The monoisotopic (exact) mass is 267 g/mol. The highest BCUT2D eigenvalue weighted by Gasteiger charge is 2.17. The SMILES string of the molecule is CCCc1nnsc1C(=O)Cc1nc(C)cs1. The van der Waals surface area contributed by atoms with Crippen molar-refractivity contribution in [2.75, 3.05) is 0 Å². The van der Waals surface area contributed by atoms with E-state index in [1.807, 2.05) is 12.3 Å². The van der Waals surface area contributed by atoms with Crippen LogP contribution in [0.4, 0.5) is 0 Å². The maximum absolute atomic E-state index is 12.1. The first-order valence-electron chi connectivity index (χ1n) is 5.46. The van der Waals surface area contributed by atoms with Gasteiger partial charge < -0.3 is 0 Å². The molecule has 0 amide bonds. The standard InChI is InChI=1S/C11H13N3OS2/c1-3-4-8-11(17-14-13-8)9(15)5-10-12-7(2)6-16-10/h6H,3-5H2,1-2H3. The Morgan fingerprint density at radius 2 is 2.29 bits per heavy atom. The van der Waals surface area contributed by atoms with Crippen molar-refractivity contribution in [1.82, 2.24) is 14.6 Å². The number of hydrogen-bond acceptors (Lipinski definition) is 6. The van der Waals surface area contributed by atoms with Crippen LogP contribution in [0.25, 0.3) is 0 Å². The van der Waals surface area contributed by atoms with Crippen LogP contribution in [-0.4, -0.2) is 20.4 Å². The number of ketones is 1. The number of Topliss-reactive ketones (excluding diaryl/α,β-unsaturated/α-hetero) is 1. The molecule has 2 rings (SSSR count). The van der Waals surface area contributed by atoms with Gasteiger partial charge in [0.2, 0.25) is 0 Å². The minimum atomic E-state index is 0.0813. The van der Waals surface area contributed by atoms with Crippen LogP contribution in [-0.2, 0) is 12.8 Å². The minimum absolute atomic E-state index is 0.0813. The van der Waals surface area contributed by atoms with E-state index in [2.05, 4.69) is 21.5 Å². The molecule has 2 aromatic rings. The molecule has 2 heterocycles. The Morgan fingerprint density at radius 1 is 1.47 bits per heavy atom. The first-order valence-corrected chi connectivity index (χ1v) is 7.11. The van der Waals surface area contributed by atoms with E-state index in [4.69, 9.17) is 0 Å². The van der Waals surface area contributed by atoms with E-state index in [1.165, 1.54) is 22.9 Å². The topological polar surface area (TPSA) is 55.7 Å². The van der Waals surface area contributed by atoms with Crippen LogP contribution in [0.1, 0.15) is 39.4 Å². The molecular weight excluding hydrogens is 254 g/mol. The lowest BCUT2D eigenvalue weighted by atomic mass is 10.1. The third-order valence-corrected chi connectivity index (χ3v) is 4.05. The summed E-state index contributed by atoms with van der Waals surface area (Å²) in [6.45, 7) is 4.00. The summed E-state index contributed by atoms with van der Waals surface area (Å²) in [6.07, 6.45) is 2.15. The molecule has 0 bridgehead atoms. The molecule has 0 N–H and O–H groups in total. The van der Waals surface area contributed by atoms with Crippen molar-refractivity contribution in [2.45, 2.75) is 33.1 Å². The van der Waals surface area contributed by atoms with Gasteiger partial charge in [-0.1, -0.05) is 17.8 Å². The lowest BCUT2D eigenvalue weighted by Crippen LogP contribution is -2.04. The van der Waals surface area contributed by atoms with E-state index in [9.17, 15) is 4.79 Å². The highest BCUT2D eigenvalue weighted by molar-refractivity contribution is 7.10. The number of aromatic nitrogens is 3. The van der Waals surface area contributed by atoms with Gasteiger partial charge in [-0.2, -0.15) is 0 Å². The number of carbonyl (C=O) groups is 1. The molecular formula is C11H13N3OS2. The average Bonchev–Trinajstić information content (AvgIpc) is 2.88. The van der Waals surface area contributed by atoms with Crippen molar-refractivity contribution in [2.24, 2.45) is 0 Å². The molecule has 0 aliphatic carbocycles. The number of aryl methyl sites for hydroxylation is 2. The minimum Gasteiger partial charge on any atom is -0.293 e. The second kappa shape index (κ2) is 5.46. The molecule has 0 aromatic carbocycles. The zero-order valence-corrected chi connectivity index (χ0v) is 11.4. The Balaban J connectivity index is 2.11. The van der Waals surface area contributed by atoms with Crippen molar-refractivity contribution in [3.63, 3.8) is 0 Å².